The van der Waals surface area contributed by atoms with Gasteiger partial charge in [0.15, 0.2) is 0 Å². The molecule has 2 heteroatoms. The summed E-state index contributed by atoms with van der Waals surface area (Å²) in [5, 5.41) is 3.67. The molecule has 0 aromatic carbocycles. The molecule has 1 spiro atoms. The van der Waals surface area contributed by atoms with E-state index in [1.807, 2.05) is 0 Å². The molecule has 17 heavy (non-hydrogen) atoms. The molecule has 1 aliphatic heterocycles. The van der Waals surface area contributed by atoms with Crippen molar-refractivity contribution in [1.29, 1.82) is 0 Å². The van der Waals surface area contributed by atoms with E-state index in [1.54, 1.807) is 0 Å². The van der Waals surface area contributed by atoms with Gasteiger partial charge in [-0.3, -0.25) is 0 Å². The monoisotopic (exact) mass is 239 g/mol. The standard InChI is InChI=1S/C15H29NO/c1-5-14(6-2)11-16-12-15(17-14)10-8-7-9-13(15,3)4/h16H,5-12H2,1-4H3. The smallest absolute Gasteiger partial charge is 0.0864 e. The van der Waals surface area contributed by atoms with Crippen LogP contribution in [0.5, 0.6) is 0 Å². The highest BCUT2D eigenvalue weighted by molar-refractivity contribution is 5.05. The summed E-state index contributed by atoms with van der Waals surface area (Å²) in [6, 6.07) is 0. The van der Waals surface area contributed by atoms with Gasteiger partial charge in [0, 0.05) is 13.1 Å². The molecule has 1 unspecified atom stereocenters. The van der Waals surface area contributed by atoms with Crippen molar-refractivity contribution in [1.82, 2.24) is 5.32 Å². The van der Waals surface area contributed by atoms with E-state index in [2.05, 4.69) is 33.0 Å². The van der Waals surface area contributed by atoms with Gasteiger partial charge in [-0.1, -0.05) is 40.5 Å². The molecule has 0 aromatic heterocycles. The molecule has 1 saturated heterocycles. The van der Waals surface area contributed by atoms with Crippen molar-refractivity contribution in [2.24, 2.45) is 5.41 Å². The van der Waals surface area contributed by atoms with Crippen LogP contribution >= 0.6 is 0 Å². The second kappa shape index (κ2) is 4.55. The molecule has 2 aliphatic rings. The fourth-order valence-corrected chi connectivity index (χ4v) is 3.68. The largest absolute Gasteiger partial charge is 0.365 e. The molecule has 2 rings (SSSR count). The van der Waals surface area contributed by atoms with Crippen molar-refractivity contribution in [3.8, 4) is 0 Å². The van der Waals surface area contributed by atoms with Gasteiger partial charge in [-0.05, 0) is 31.1 Å². The van der Waals surface area contributed by atoms with Gasteiger partial charge in [-0.15, -0.1) is 0 Å². The maximum Gasteiger partial charge on any atom is 0.0864 e. The van der Waals surface area contributed by atoms with E-state index in [-0.39, 0.29) is 11.2 Å². The average Bonchev–Trinajstić information content (AvgIpc) is 2.33. The van der Waals surface area contributed by atoms with E-state index in [0.29, 0.717) is 5.41 Å². The van der Waals surface area contributed by atoms with Crippen LogP contribution in [0, 0.1) is 5.41 Å². The minimum atomic E-state index is 0.0762. The van der Waals surface area contributed by atoms with Crippen molar-refractivity contribution in [2.45, 2.75) is 77.4 Å². The van der Waals surface area contributed by atoms with Crippen LogP contribution in [0.1, 0.15) is 66.2 Å². The zero-order valence-corrected chi connectivity index (χ0v) is 12.1. The molecule has 0 bridgehead atoms. The van der Waals surface area contributed by atoms with Crippen LogP contribution < -0.4 is 5.32 Å². The fraction of sp³-hybridized carbons (Fsp3) is 1.00. The number of ether oxygens (including phenoxy) is 1. The molecule has 1 aliphatic carbocycles. The summed E-state index contributed by atoms with van der Waals surface area (Å²) in [6.07, 6.45) is 7.47. The van der Waals surface area contributed by atoms with Gasteiger partial charge in [0.05, 0.1) is 11.2 Å². The molecule has 100 valence electrons. The van der Waals surface area contributed by atoms with Gasteiger partial charge in [-0.25, -0.2) is 0 Å². The van der Waals surface area contributed by atoms with Crippen molar-refractivity contribution in [2.75, 3.05) is 13.1 Å². The Kier molecular flexibility index (Phi) is 3.57. The minimum Gasteiger partial charge on any atom is -0.365 e. The van der Waals surface area contributed by atoms with Crippen LogP contribution in [0.3, 0.4) is 0 Å². The Hall–Kier alpha value is -0.0800. The van der Waals surface area contributed by atoms with Gasteiger partial charge >= 0.3 is 0 Å². The van der Waals surface area contributed by atoms with Gasteiger partial charge in [0.2, 0.25) is 0 Å². The predicted octanol–water partition coefficient (Wildman–Crippen LogP) is 3.50. The Balaban J connectivity index is 2.24. The average molecular weight is 239 g/mol. The molecule has 2 nitrogen and oxygen atoms in total. The summed E-state index contributed by atoms with van der Waals surface area (Å²) in [7, 11) is 0. The molecule has 1 heterocycles. The van der Waals surface area contributed by atoms with Gasteiger partial charge < -0.3 is 10.1 Å². The lowest BCUT2D eigenvalue weighted by molar-refractivity contribution is -0.239. The summed E-state index contributed by atoms with van der Waals surface area (Å²) in [5.41, 5.74) is 0.469. The Morgan fingerprint density at radius 1 is 1.00 bits per heavy atom. The summed E-state index contributed by atoms with van der Waals surface area (Å²) < 4.78 is 6.75. The molecule has 1 N–H and O–H groups in total. The Bertz CT molecular complexity index is 266. The highest BCUT2D eigenvalue weighted by atomic mass is 16.5. The first-order chi connectivity index (χ1) is 7.99. The van der Waals surface area contributed by atoms with Gasteiger partial charge in [0.1, 0.15) is 0 Å². The summed E-state index contributed by atoms with van der Waals surface area (Å²) in [6.45, 7) is 11.4. The maximum atomic E-state index is 6.75. The highest BCUT2D eigenvalue weighted by Crippen LogP contribution is 2.49. The van der Waals surface area contributed by atoms with Gasteiger partial charge in [-0.2, -0.15) is 0 Å². The van der Waals surface area contributed by atoms with Crippen LogP contribution in [-0.4, -0.2) is 24.3 Å². The number of hydrogen-bond donors (Lipinski definition) is 1. The molecular formula is C15H29NO. The number of hydrogen-bond acceptors (Lipinski definition) is 2. The number of rotatable bonds is 2. The normalized spacial score (nSPS) is 36.0. The first kappa shape index (κ1) is 13.4. The Morgan fingerprint density at radius 3 is 2.24 bits per heavy atom. The van der Waals surface area contributed by atoms with Crippen molar-refractivity contribution < 1.29 is 4.74 Å². The fourth-order valence-electron chi connectivity index (χ4n) is 3.68. The molecule has 0 radical (unpaired) electrons. The Morgan fingerprint density at radius 2 is 1.65 bits per heavy atom. The van der Waals surface area contributed by atoms with Crippen LogP contribution in [0.4, 0.5) is 0 Å². The molecule has 1 atom stereocenters. The molecular weight excluding hydrogens is 210 g/mol. The first-order valence-corrected chi connectivity index (χ1v) is 7.40. The SMILES string of the molecule is CCC1(CC)CNCC2(CCCCC2(C)C)O1. The Labute approximate surface area is 107 Å². The molecule has 2 fully saturated rings. The van der Waals surface area contributed by atoms with E-state index in [4.69, 9.17) is 4.74 Å². The summed E-state index contributed by atoms with van der Waals surface area (Å²) in [4.78, 5) is 0. The quantitative estimate of drug-likeness (QED) is 0.796. The lowest BCUT2D eigenvalue weighted by Gasteiger charge is -2.57. The third kappa shape index (κ3) is 2.15. The zero-order valence-electron chi connectivity index (χ0n) is 12.1. The van der Waals surface area contributed by atoms with Crippen LogP contribution in [0.2, 0.25) is 0 Å². The van der Waals surface area contributed by atoms with E-state index in [0.717, 1.165) is 25.9 Å². The topological polar surface area (TPSA) is 21.3 Å². The van der Waals surface area contributed by atoms with E-state index in [9.17, 15) is 0 Å². The van der Waals surface area contributed by atoms with Crippen LogP contribution in [0.15, 0.2) is 0 Å². The molecule has 0 aromatic rings. The lowest BCUT2D eigenvalue weighted by atomic mass is 9.64. The van der Waals surface area contributed by atoms with Gasteiger partial charge in [0.25, 0.3) is 0 Å². The minimum absolute atomic E-state index is 0.0762. The third-order valence-electron chi connectivity index (χ3n) is 5.42. The van der Waals surface area contributed by atoms with Crippen molar-refractivity contribution in [3.63, 3.8) is 0 Å². The lowest BCUT2D eigenvalue weighted by Crippen LogP contribution is -2.66. The second-order valence-corrected chi connectivity index (χ2v) is 6.68. The number of morpholine rings is 1. The van der Waals surface area contributed by atoms with E-state index in [1.165, 1.54) is 25.7 Å². The van der Waals surface area contributed by atoms with Crippen molar-refractivity contribution >= 4 is 0 Å². The summed E-state index contributed by atoms with van der Waals surface area (Å²) >= 11 is 0. The zero-order chi connectivity index (χ0) is 12.6. The van der Waals surface area contributed by atoms with E-state index < -0.39 is 0 Å². The van der Waals surface area contributed by atoms with Crippen molar-refractivity contribution in [3.05, 3.63) is 0 Å². The van der Waals surface area contributed by atoms with E-state index >= 15 is 0 Å². The molecule has 1 saturated carbocycles. The second-order valence-electron chi connectivity index (χ2n) is 6.68. The molecule has 0 amide bonds. The number of nitrogens with one attached hydrogen (secondary N) is 1. The van der Waals surface area contributed by atoms with Crippen LogP contribution in [0.25, 0.3) is 0 Å². The maximum absolute atomic E-state index is 6.75. The first-order valence-electron chi connectivity index (χ1n) is 7.40. The summed E-state index contributed by atoms with van der Waals surface area (Å²) in [5.74, 6) is 0. The predicted molar refractivity (Wildman–Crippen MR) is 72.2 cm³/mol. The third-order valence-corrected chi connectivity index (χ3v) is 5.42. The highest BCUT2D eigenvalue weighted by Gasteiger charge is 2.53. The van der Waals surface area contributed by atoms with Crippen LogP contribution in [-0.2, 0) is 4.74 Å².